The minimum atomic E-state index is 0.478. The molecule has 0 heterocycles. The van der Waals surface area contributed by atoms with Crippen LogP contribution in [0.3, 0.4) is 0 Å². The summed E-state index contributed by atoms with van der Waals surface area (Å²) in [6.45, 7) is 9.60. The van der Waals surface area contributed by atoms with E-state index in [2.05, 4.69) is 27.7 Å². The van der Waals surface area contributed by atoms with E-state index in [4.69, 9.17) is 0 Å². The molecule has 0 spiro atoms. The largest absolute Gasteiger partial charge is 0.0679 e. The predicted octanol–water partition coefficient (Wildman–Crippen LogP) is 3.78. The lowest BCUT2D eigenvalue weighted by atomic mass is 9.57. The average molecular weight is 164 g/mol. The zero-order valence-corrected chi connectivity index (χ0v) is 8.78. The smallest absolute Gasteiger partial charge is 0.0119 e. The molecule has 68 valence electrons. The van der Waals surface area contributed by atoms with Crippen molar-refractivity contribution in [3.05, 3.63) is 11.1 Å². The Morgan fingerprint density at radius 1 is 1.33 bits per heavy atom. The van der Waals surface area contributed by atoms with Crippen molar-refractivity contribution in [2.45, 2.75) is 47.0 Å². The van der Waals surface area contributed by atoms with Crippen LogP contribution in [0.5, 0.6) is 0 Å². The van der Waals surface area contributed by atoms with Crippen molar-refractivity contribution in [3.63, 3.8) is 0 Å². The maximum atomic E-state index is 2.42. The SMILES string of the molecule is CC1=C2CCC2CC(C)C1(C)C. The summed E-state index contributed by atoms with van der Waals surface area (Å²) in [6.07, 6.45) is 4.30. The maximum absolute atomic E-state index is 2.42. The monoisotopic (exact) mass is 164 g/mol. The molecule has 1 fully saturated rings. The third-order valence-corrected chi connectivity index (χ3v) is 4.57. The van der Waals surface area contributed by atoms with Gasteiger partial charge in [-0.2, -0.15) is 0 Å². The molecule has 2 unspecified atom stereocenters. The molecule has 0 heteroatoms. The molecule has 0 N–H and O–H groups in total. The summed E-state index contributed by atoms with van der Waals surface area (Å²) in [5, 5.41) is 0. The second-order valence-corrected chi connectivity index (χ2v) is 5.24. The van der Waals surface area contributed by atoms with Crippen LogP contribution in [-0.2, 0) is 0 Å². The van der Waals surface area contributed by atoms with Gasteiger partial charge in [-0.15, -0.1) is 0 Å². The zero-order chi connectivity index (χ0) is 8.93. The van der Waals surface area contributed by atoms with Crippen molar-refractivity contribution in [2.75, 3.05) is 0 Å². The standard InChI is InChI=1S/C12H20/c1-8-7-10-5-6-11(10)9(2)12(8,3)4/h8,10H,5-7H2,1-4H3. The van der Waals surface area contributed by atoms with Gasteiger partial charge in [-0.1, -0.05) is 31.9 Å². The van der Waals surface area contributed by atoms with Crippen LogP contribution in [0.2, 0.25) is 0 Å². The van der Waals surface area contributed by atoms with E-state index in [1.807, 2.05) is 0 Å². The number of allylic oxidation sites excluding steroid dienone is 2. The highest BCUT2D eigenvalue weighted by Crippen LogP contribution is 2.53. The molecule has 0 amide bonds. The summed E-state index contributed by atoms with van der Waals surface area (Å²) in [5.41, 5.74) is 3.99. The average Bonchev–Trinajstić information content (AvgIpc) is 1.95. The molecule has 0 nitrogen and oxygen atoms in total. The summed E-state index contributed by atoms with van der Waals surface area (Å²) in [7, 11) is 0. The molecule has 0 saturated heterocycles. The molecular formula is C12H20. The lowest BCUT2D eigenvalue weighted by molar-refractivity contribution is 0.182. The van der Waals surface area contributed by atoms with Gasteiger partial charge in [0.15, 0.2) is 0 Å². The minimum absolute atomic E-state index is 0.478. The van der Waals surface area contributed by atoms with Gasteiger partial charge in [-0.05, 0) is 43.4 Å². The first kappa shape index (κ1) is 8.34. The maximum Gasteiger partial charge on any atom is -0.0119 e. The second kappa shape index (κ2) is 2.37. The summed E-state index contributed by atoms with van der Waals surface area (Å²) in [5.74, 6) is 1.86. The van der Waals surface area contributed by atoms with Crippen LogP contribution in [0.4, 0.5) is 0 Å². The summed E-state index contributed by atoms with van der Waals surface area (Å²) < 4.78 is 0. The zero-order valence-electron chi connectivity index (χ0n) is 8.78. The first-order valence-corrected chi connectivity index (χ1v) is 5.23. The van der Waals surface area contributed by atoms with E-state index in [9.17, 15) is 0 Å². The van der Waals surface area contributed by atoms with E-state index in [-0.39, 0.29) is 0 Å². The van der Waals surface area contributed by atoms with E-state index in [0.717, 1.165) is 11.8 Å². The fourth-order valence-electron chi connectivity index (χ4n) is 2.75. The first-order valence-electron chi connectivity index (χ1n) is 5.23. The molecule has 0 bridgehead atoms. The van der Waals surface area contributed by atoms with Gasteiger partial charge in [-0.3, -0.25) is 0 Å². The normalized spacial score (nSPS) is 39.0. The van der Waals surface area contributed by atoms with E-state index >= 15 is 0 Å². The third kappa shape index (κ3) is 0.901. The van der Waals surface area contributed by atoms with Crippen molar-refractivity contribution < 1.29 is 0 Å². The lowest BCUT2D eigenvalue weighted by Gasteiger charge is -2.48. The highest BCUT2D eigenvalue weighted by Gasteiger charge is 2.41. The summed E-state index contributed by atoms with van der Waals surface area (Å²) >= 11 is 0. The third-order valence-electron chi connectivity index (χ3n) is 4.57. The van der Waals surface area contributed by atoms with E-state index in [1.165, 1.54) is 19.3 Å². The topological polar surface area (TPSA) is 0 Å². The van der Waals surface area contributed by atoms with Crippen molar-refractivity contribution in [3.8, 4) is 0 Å². The van der Waals surface area contributed by atoms with E-state index in [1.54, 1.807) is 11.1 Å². The number of hydrogen-bond acceptors (Lipinski definition) is 0. The fraction of sp³-hybridized carbons (Fsp3) is 0.833. The molecule has 2 aliphatic rings. The van der Waals surface area contributed by atoms with Gasteiger partial charge in [0.25, 0.3) is 0 Å². The fourth-order valence-corrected chi connectivity index (χ4v) is 2.75. The molecule has 0 aromatic rings. The Bertz CT molecular complexity index is 232. The molecule has 2 rings (SSSR count). The summed E-state index contributed by atoms with van der Waals surface area (Å²) in [6, 6.07) is 0. The second-order valence-electron chi connectivity index (χ2n) is 5.24. The van der Waals surface area contributed by atoms with Crippen molar-refractivity contribution in [1.29, 1.82) is 0 Å². The Morgan fingerprint density at radius 2 is 2.00 bits per heavy atom. The Kier molecular flexibility index (Phi) is 1.65. The molecule has 0 aliphatic heterocycles. The Balaban J connectivity index is 2.37. The van der Waals surface area contributed by atoms with Gasteiger partial charge >= 0.3 is 0 Å². The number of rotatable bonds is 0. The van der Waals surface area contributed by atoms with Gasteiger partial charge in [0.05, 0.1) is 0 Å². The Morgan fingerprint density at radius 3 is 2.50 bits per heavy atom. The van der Waals surface area contributed by atoms with Crippen LogP contribution in [0.25, 0.3) is 0 Å². The molecule has 1 saturated carbocycles. The van der Waals surface area contributed by atoms with Crippen LogP contribution in [0.15, 0.2) is 11.1 Å². The van der Waals surface area contributed by atoms with Crippen LogP contribution in [-0.4, -0.2) is 0 Å². The first-order chi connectivity index (χ1) is 5.53. The molecule has 2 atom stereocenters. The quantitative estimate of drug-likeness (QED) is 0.478. The van der Waals surface area contributed by atoms with Crippen LogP contribution in [0, 0.1) is 17.3 Å². The molecule has 12 heavy (non-hydrogen) atoms. The van der Waals surface area contributed by atoms with Crippen molar-refractivity contribution in [1.82, 2.24) is 0 Å². The number of fused-ring (bicyclic) bond motifs is 1. The molecule has 0 aromatic heterocycles. The van der Waals surface area contributed by atoms with Gasteiger partial charge < -0.3 is 0 Å². The Hall–Kier alpha value is -0.260. The molecule has 0 radical (unpaired) electrons. The minimum Gasteiger partial charge on any atom is -0.0679 e. The van der Waals surface area contributed by atoms with Crippen LogP contribution < -0.4 is 0 Å². The van der Waals surface area contributed by atoms with Crippen molar-refractivity contribution in [2.24, 2.45) is 17.3 Å². The molecule has 2 aliphatic carbocycles. The van der Waals surface area contributed by atoms with Crippen LogP contribution >= 0.6 is 0 Å². The highest BCUT2D eigenvalue weighted by atomic mass is 14.5. The molecular weight excluding hydrogens is 144 g/mol. The molecule has 0 aromatic carbocycles. The van der Waals surface area contributed by atoms with Crippen molar-refractivity contribution >= 4 is 0 Å². The lowest BCUT2D eigenvalue weighted by Crippen LogP contribution is -2.36. The predicted molar refractivity (Wildman–Crippen MR) is 53.0 cm³/mol. The highest BCUT2D eigenvalue weighted by molar-refractivity contribution is 5.30. The van der Waals surface area contributed by atoms with Gasteiger partial charge in [0, 0.05) is 0 Å². The van der Waals surface area contributed by atoms with Gasteiger partial charge in [0.1, 0.15) is 0 Å². The van der Waals surface area contributed by atoms with Gasteiger partial charge in [-0.25, -0.2) is 0 Å². The van der Waals surface area contributed by atoms with E-state index < -0.39 is 0 Å². The van der Waals surface area contributed by atoms with E-state index in [0.29, 0.717) is 5.41 Å². The summed E-state index contributed by atoms with van der Waals surface area (Å²) in [4.78, 5) is 0. The Labute approximate surface area is 76.1 Å². The van der Waals surface area contributed by atoms with Crippen LogP contribution in [0.1, 0.15) is 47.0 Å². The number of hydrogen-bond donors (Lipinski definition) is 0. The van der Waals surface area contributed by atoms with Gasteiger partial charge in [0.2, 0.25) is 0 Å².